The third kappa shape index (κ3) is 2.88. The SMILES string of the molecule is Cc1[nH]nc(S(=O)(=O)N(Cc2ccsc2)C2CC2)c1CCl. The fraction of sp³-hybridized carbons (Fsp3) is 0.462. The molecule has 21 heavy (non-hydrogen) atoms. The van der Waals surface area contributed by atoms with Crippen molar-refractivity contribution in [2.75, 3.05) is 0 Å². The molecule has 1 saturated carbocycles. The third-order valence-corrected chi connectivity index (χ3v) is 6.47. The molecule has 0 amide bonds. The Balaban J connectivity index is 1.97. The molecular formula is C13H16ClN3O2S2. The minimum Gasteiger partial charge on any atom is -0.281 e. The number of halogens is 1. The lowest BCUT2D eigenvalue weighted by atomic mass is 10.3. The van der Waals surface area contributed by atoms with Gasteiger partial charge in [0.05, 0.1) is 5.88 Å². The molecule has 2 aromatic heterocycles. The van der Waals surface area contributed by atoms with Crippen molar-refractivity contribution in [3.05, 3.63) is 33.6 Å². The van der Waals surface area contributed by atoms with Gasteiger partial charge in [-0.05, 0) is 42.2 Å². The van der Waals surface area contributed by atoms with Crippen molar-refractivity contribution in [1.82, 2.24) is 14.5 Å². The molecule has 8 heteroatoms. The minimum atomic E-state index is -3.62. The summed E-state index contributed by atoms with van der Waals surface area (Å²) >= 11 is 7.45. The summed E-state index contributed by atoms with van der Waals surface area (Å²) in [5, 5.41) is 10.7. The Morgan fingerprint density at radius 3 is 2.86 bits per heavy atom. The number of thiophene rings is 1. The molecule has 0 aliphatic heterocycles. The molecular weight excluding hydrogens is 330 g/mol. The predicted molar refractivity (Wildman–Crippen MR) is 83.0 cm³/mol. The van der Waals surface area contributed by atoms with E-state index in [1.165, 1.54) is 0 Å². The summed E-state index contributed by atoms with van der Waals surface area (Å²) in [6.45, 7) is 2.17. The quantitative estimate of drug-likeness (QED) is 0.819. The molecule has 114 valence electrons. The molecule has 2 heterocycles. The number of H-pyrrole nitrogens is 1. The molecule has 0 bridgehead atoms. The maximum Gasteiger partial charge on any atom is 0.263 e. The Morgan fingerprint density at radius 2 is 2.29 bits per heavy atom. The number of aromatic nitrogens is 2. The van der Waals surface area contributed by atoms with E-state index in [0.29, 0.717) is 17.8 Å². The standard InChI is InChI=1S/C13H16ClN3O2S2/c1-9-12(6-14)13(16-15-9)21(18,19)17(11-2-3-11)7-10-4-5-20-8-10/h4-5,8,11H,2-3,6-7H2,1H3,(H,15,16). The minimum absolute atomic E-state index is 0.0668. The second kappa shape index (κ2) is 5.72. The van der Waals surface area contributed by atoms with Crippen LogP contribution in [0.25, 0.3) is 0 Å². The van der Waals surface area contributed by atoms with Crippen LogP contribution in [0, 0.1) is 6.92 Å². The van der Waals surface area contributed by atoms with Crippen LogP contribution in [0.1, 0.15) is 29.7 Å². The summed E-state index contributed by atoms with van der Waals surface area (Å²) in [6.07, 6.45) is 1.81. The van der Waals surface area contributed by atoms with Crippen molar-refractivity contribution >= 4 is 33.0 Å². The summed E-state index contributed by atoms with van der Waals surface area (Å²) in [6, 6.07) is 2.03. The highest BCUT2D eigenvalue weighted by Gasteiger charge is 2.40. The van der Waals surface area contributed by atoms with E-state index in [-0.39, 0.29) is 16.9 Å². The van der Waals surface area contributed by atoms with Gasteiger partial charge < -0.3 is 0 Å². The van der Waals surface area contributed by atoms with Gasteiger partial charge >= 0.3 is 0 Å². The number of alkyl halides is 1. The molecule has 1 N–H and O–H groups in total. The maximum absolute atomic E-state index is 12.9. The van der Waals surface area contributed by atoms with Crippen molar-refractivity contribution in [2.24, 2.45) is 0 Å². The van der Waals surface area contributed by atoms with Crippen molar-refractivity contribution in [3.8, 4) is 0 Å². The van der Waals surface area contributed by atoms with Crippen LogP contribution in [0.15, 0.2) is 21.9 Å². The molecule has 0 radical (unpaired) electrons. The van der Waals surface area contributed by atoms with Crippen LogP contribution in [-0.2, 0) is 22.4 Å². The number of aryl methyl sites for hydroxylation is 1. The van der Waals surface area contributed by atoms with E-state index in [9.17, 15) is 8.42 Å². The highest BCUT2D eigenvalue weighted by Crippen LogP contribution is 2.34. The first-order valence-corrected chi connectivity index (χ1v) is 9.58. The van der Waals surface area contributed by atoms with Crippen molar-refractivity contribution in [3.63, 3.8) is 0 Å². The summed E-state index contributed by atoms with van der Waals surface area (Å²) in [5.74, 6) is 0.133. The number of sulfonamides is 1. The summed E-state index contributed by atoms with van der Waals surface area (Å²) in [7, 11) is -3.62. The average molecular weight is 346 g/mol. The van der Waals surface area contributed by atoms with Gasteiger partial charge in [0.2, 0.25) is 0 Å². The van der Waals surface area contributed by atoms with E-state index >= 15 is 0 Å². The Bertz CT molecular complexity index is 721. The van der Waals surface area contributed by atoms with Crippen LogP contribution in [0.3, 0.4) is 0 Å². The zero-order valence-corrected chi connectivity index (χ0v) is 13.9. The molecule has 0 saturated heterocycles. The number of aromatic amines is 1. The zero-order chi connectivity index (χ0) is 15.0. The molecule has 0 unspecified atom stereocenters. The molecule has 1 aliphatic carbocycles. The number of nitrogens with one attached hydrogen (secondary N) is 1. The first kappa shape index (κ1) is 15.0. The maximum atomic E-state index is 12.9. The van der Waals surface area contributed by atoms with Crippen LogP contribution >= 0.6 is 22.9 Å². The van der Waals surface area contributed by atoms with Gasteiger partial charge in [0.25, 0.3) is 10.0 Å². The number of rotatable bonds is 6. The Morgan fingerprint density at radius 1 is 1.52 bits per heavy atom. The van der Waals surface area contributed by atoms with Crippen LogP contribution in [0.4, 0.5) is 0 Å². The van der Waals surface area contributed by atoms with Gasteiger partial charge in [0.1, 0.15) is 0 Å². The van der Waals surface area contributed by atoms with Gasteiger partial charge in [-0.3, -0.25) is 5.10 Å². The molecule has 1 fully saturated rings. The predicted octanol–water partition coefficient (Wildman–Crippen LogP) is 2.87. The Kier molecular flexibility index (Phi) is 4.09. The Labute approximate surface area is 133 Å². The van der Waals surface area contributed by atoms with E-state index in [4.69, 9.17) is 11.6 Å². The molecule has 3 rings (SSSR count). The van der Waals surface area contributed by atoms with E-state index in [0.717, 1.165) is 18.4 Å². The van der Waals surface area contributed by atoms with Gasteiger partial charge in [-0.2, -0.15) is 20.7 Å². The van der Waals surface area contributed by atoms with Crippen LogP contribution in [0.5, 0.6) is 0 Å². The molecule has 0 spiro atoms. The van der Waals surface area contributed by atoms with E-state index in [2.05, 4.69) is 10.2 Å². The van der Waals surface area contributed by atoms with Crippen molar-refractivity contribution < 1.29 is 8.42 Å². The fourth-order valence-corrected chi connectivity index (χ4v) is 5.16. The number of hydrogen-bond acceptors (Lipinski definition) is 4. The average Bonchev–Trinajstić information content (AvgIpc) is 3.00. The van der Waals surface area contributed by atoms with Crippen LogP contribution in [-0.4, -0.2) is 29.0 Å². The summed E-state index contributed by atoms with van der Waals surface area (Å²) in [5.41, 5.74) is 2.28. The van der Waals surface area contributed by atoms with Crippen molar-refractivity contribution in [2.45, 2.75) is 43.3 Å². The molecule has 0 aromatic carbocycles. The topological polar surface area (TPSA) is 66.1 Å². The lowest BCUT2D eigenvalue weighted by Gasteiger charge is -2.20. The Hall–Kier alpha value is -0.890. The lowest BCUT2D eigenvalue weighted by molar-refractivity contribution is 0.396. The van der Waals surface area contributed by atoms with Crippen LogP contribution < -0.4 is 0 Å². The second-order valence-electron chi connectivity index (χ2n) is 5.18. The van der Waals surface area contributed by atoms with Crippen LogP contribution in [0.2, 0.25) is 0 Å². The molecule has 0 atom stereocenters. The molecule has 5 nitrogen and oxygen atoms in total. The zero-order valence-electron chi connectivity index (χ0n) is 11.5. The van der Waals surface area contributed by atoms with E-state index in [1.54, 1.807) is 22.6 Å². The normalized spacial score (nSPS) is 15.8. The first-order valence-electron chi connectivity index (χ1n) is 6.66. The largest absolute Gasteiger partial charge is 0.281 e. The summed E-state index contributed by atoms with van der Waals surface area (Å²) in [4.78, 5) is 0. The summed E-state index contributed by atoms with van der Waals surface area (Å²) < 4.78 is 27.4. The lowest BCUT2D eigenvalue weighted by Crippen LogP contribution is -2.33. The molecule has 2 aromatic rings. The number of nitrogens with zero attached hydrogens (tertiary/aromatic N) is 2. The van der Waals surface area contributed by atoms with Gasteiger partial charge in [0, 0.05) is 23.8 Å². The van der Waals surface area contributed by atoms with E-state index in [1.807, 2.05) is 16.8 Å². The first-order chi connectivity index (χ1) is 10.0. The van der Waals surface area contributed by atoms with Gasteiger partial charge in [-0.1, -0.05) is 0 Å². The van der Waals surface area contributed by atoms with Gasteiger partial charge in [-0.15, -0.1) is 11.6 Å². The third-order valence-electron chi connectivity index (χ3n) is 3.60. The molecule has 1 aliphatic rings. The highest BCUT2D eigenvalue weighted by molar-refractivity contribution is 7.89. The second-order valence-corrected chi connectivity index (χ2v) is 8.03. The fourth-order valence-electron chi connectivity index (χ4n) is 2.25. The van der Waals surface area contributed by atoms with Gasteiger partial charge in [0.15, 0.2) is 5.03 Å². The highest BCUT2D eigenvalue weighted by atomic mass is 35.5. The van der Waals surface area contributed by atoms with Crippen molar-refractivity contribution in [1.29, 1.82) is 0 Å². The van der Waals surface area contributed by atoms with Gasteiger partial charge in [-0.25, -0.2) is 8.42 Å². The van der Waals surface area contributed by atoms with E-state index < -0.39 is 10.0 Å². The number of hydrogen-bond donors (Lipinski definition) is 1. The smallest absolute Gasteiger partial charge is 0.263 e. The monoisotopic (exact) mass is 345 g/mol.